The van der Waals surface area contributed by atoms with Gasteiger partial charge in [0.15, 0.2) is 0 Å². The lowest BCUT2D eigenvalue weighted by Gasteiger charge is -2.46. The Morgan fingerprint density at radius 3 is 2.80 bits per heavy atom. The summed E-state index contributed by atoms with van der Waals surface area (Å²) < 4.78 is 5.22. The molecule has 1 N–H and O–H groups in total. The summed E-state index contributed by atoms with van der Waals surface area (Å²) in [4.78, 5) is 11.2. The maximum atomic E-state index is 11.2. The number of hydrogen-bond donors (Lipinski definition) is 1. The third-order valence-electron chi connectivity index (χ3n) is 6.93. The van der Waals surface area contributed by atoms with Crippen molar-refractivity contribution in [1.29, 1.82) is 0 Å². The van der Waals surface area contributed by atoms with Crippen LogP contribution >= 0.6 is 0 Å². The molecule has 0 heterocycles. The maximum Gasteiger partial charge on any atom is 0.308 e. The van der Waals surface area contributed by atoms with Crippen molar-refractivity contribution in [3.63, 3.8) is 0 Å². The van der Waals surface area contributed by atoms with Crippen LogP contribution in [0.3, 0.4) is 0 Å². The van der Waals surface area contributed by atoms with E-state index >= 15 is 0 Å². The molecular weight excluding hydrogens is 312 g/mol. The van der Waals surface area contributed by atoms with Crippen LogP contribution in [0.25, 0.3) is 10.8 Å². The molecule has 4 rings (SSSR count). The molecule has 0 spiro atoms. The van der Waals surface area contributed by atoms with Crippen LogP contribution in [0.4, 0.5) is 0 Å². The number of aliphatic hydroxyl groups is 1. The van der Waals surface area contributed by atoms with Gasteiger partial charge in [0.25, 0.3) is 0 Å². The van der Waals surface area contributed by atoms with Crippen molar-refractivity contribution in [3.8, 4) is 5.75 Å². The zero-order chi connectivity index (χ0) is 17.8. The highest BCUT2D eigenvalue weighted by Gasteiger charge is 2.57. The van der Waals surface area contributed by atoms with Crippen LogP contribution in [0, 0.1) is 5.41 Å². The Bertz CT molecular complexity index is 856. The van der Waals surface area contributed by atoms with Gasteiger partial charge in [-0.05, 0) is 72.1 Å². The van der Waals surface area contributed by atoms with E-state index in [1.807, 2.05) is 12.1 Å². The molecule has 0 radical (unpaired) electrons. The van der Waals surface area contributed by atoms with E-state index in [1.165, 1.54) is 23.4 Å². The zero-order valence-electron chi connectivity index (χ0n) is 15.3. The average Bonchev–Trinajstić information content (AvgIpc) is 2.86. The molecule has 2 aromatic rings. The average molecular weight is 338 g/mol. The molecule has 3 nitrogen and oxygen atoms in total. The van der Waals surface area contributed by atoms with Crippen molar-refractivity contribution in [2.75, 3.05) is 0 Å². The van der Waals surface area contributed by atoms with Crippen molar-refractivity contribution in [3.05, 3.63) is 41.5 Å². The van der Waals surface area contributed by atoms with Gasteiger partial charge >= 0.3 is 5.97 Å². The molecule has 2 aromatic carbocycles. The van der Waals surface area contributed by atoms with Gasteiger partial charge in [-0.1, -0.05) is 32.0 Å². The molecular formula is C22H26O3. The fourth-order valence-electron chi connectivity index (χ4n) is 5.41. The molecule has 0 unspecified atom stereocenters. The molecule has 1 saturated carbocycles. The van der Waals surface area contributed by atoms with E-state index < -0.39 is 5.60 Å². The van der Waals surface area contributed by atoms with Crippen molar-refractivity contribution in [1.82, 2.24) is 0 Å². The second-order valence-electron chi connectivity index (χ2n) is 8.00. The van der Waals surface area contributed by atoms with Gasteiger partial charge < -0.3 is 9.84 Å². The number of esters is 1. The minimum absolute atomic E-state index is 0.0277. The molecule has 3 heteroatoms. The molecule has 25 heavy (non-hydrogen) atoms. The summed E-state index contributed by atoms with van der Waals surface area (Å²) in [6.45, 7) is 5.82. The van der Waals surface area contributed by atoms with Gasteiger partial charge in [0.2, 0.25) is 0 Å². The van der Waals surface area contributed by atoms with Gasteiger partial charge in [0.1, 0.15) is 5.75 Å². The van der Waals surface area contributed by atoms with Crippen LogP contribution in [0.2, 0.25) is 0 Å². The van der Waals surface area contributed by atoms with E-state index in [2.05, 4.69) is 32.0 Å². The second-order valence-corrected chi connectivity index (χ2v) is 8.00. The number of carbonyl (C=O) groups excluding carboxylic acids is 1. The number of fused-ring (bicyclic) bond motifs is 5. The van der Waals surface area contributed by atoms with Crippen molar-refractivity contribution in [2.24, 2.45) is 5.41 Å². The summed E-state index contributed by atoms with van der Waals surface area (Å²) in [7, 11) is 0. The summed E-state index contributed by atoms with van der Waals surface area (Å²) in [6.07, 6.45) is 4.81. The molecule has 1 fully saturated rings. The normalized spacial score (nSPS) is 30.8. The van der Waals surface area contributed by atoms with Crippen LogP contribution in [0.5, 0.6) is 5.75 Å². The van der Waals surface area contributed by atoms with Gasteiger partial charge in [-0.3, -0.25) is 4.79 Å². The Balaban J connectivity index is 1.80. The van der Waals surface area contributed by atoms with Crippen molar-refractivity contribution < 1.29 is 14.6 Å². The molecule has 2 aliphatic carbocycles. The van der Waals surface area contributed by atoms with Gasteiger partial charge in [-0.15, -0.1) is 0 Å². The second kappa shape index (κ2) is 5.57. The topological polar surface area (TPSA) is 46.5 Å². The highest BCUT2D eigenvalue weighted by molar-refractivity contribution is 5.89. The first-order valence-corrected chi connectivity index (χ1v) is 9.34. The lowest BCUT2D eigenvalue weighted by atomic mass is 9.60. The predicted octanol–water partition coefficient (Wildman–Crippen LogP) is 4.74. The van der Waals surface area contributed by atoms with Crippen LogP contribution in [-0.4, -0.2) is 16.7 Å². The van der Waals surface area contributed by atoms with E-state index in [-0.39, 0.29) is 11.4 Å². The van der Waals surface area contributed by atoms with Crippen molar-refractivity contribution >= 4 is 16.7 Å². The Labute approximate surface area is 149 Å². The Morgan fingerprint density at radius 1 is 1.28 bits per heavy atom. The van der Waals surface area contributed by atoms with Gasteiger partial charge in [0, 0.05) is 12.3 Å². The Hall–Kier alpha value is -1.87. The predicted molar refractivity (Wildman–Crippen MR) is 98.9 cm³/mol. The number of rotatable bonds is 2. The summed E-state index contributed by atoms with van der Waals surface area (Å²) in [5, 5.41) is 13.5. The first-order chi connectivity index (χ1) is 11.9. The molecule has 3 atom stereocenters. The zero-order valence-corrected chi connectivity index (χ0v) is 15.3. The number of hydrogen-bond acceptors (Lipinski definition) is 3. The third-order valence-corrected chi connectivity index (χ3v) is 6.93. The van der Waals surface area contributed by atoms with Gasteiger partial charge in [-0.2, -0.15) is 0 Å². The number of benzene rings is 2. The molecule has 0 aliphatic heterocycles. The summed E-state index contributed by atoms with van der Waals surface area (Å²) in [5.74, 6) is 0.735. The molecule has 0 amide bonds. The van der Waals surface area contributed by atoms with E-state index in [0.717, 1.165) is 37.5 Å². The number of ether oxygens (including phenoxy) is 1. The lowest BCUT2D eigenvalue weighted by Crippen LogP contribution is -2.45. The van der Waals surface area contributed by atoms with E-state index in [1.54, 1.807) is 0 Å². The number of aryl methyl sites for hydroxylation is 1. The minimum atomic E-state index is -0.538. The van der Waals surface area contributed by atoms with Gasteiger partial charge in [-0.25, -0.2) is 0 Å². The molecule has 0 saturated heterocycles. The minimum Gasteiger partial charge on any atom is -0.427 e. The Kier molecular flexibility index (Phi) is 3.69. The quantitative estimate of drug-likeness (QED) is 0.636. The van der Waals surface area contributed by atoms with Crippen LogP contribution in [-0.2, 0) is 11.2 Å². The standard InChI is InChI=1S/C22H26O3/c1-4-22(24)12-10-20-19-7-5-15-13-16(25-14(2)23)6-8-17(15)18(19)9-11-21(20,22)3/h5-8,13,20,24H,4,9-12H2,1-3H3/t20-,21-,22-/m0/s1. The summed E-state index contributed by atoms with van der Waals surface area (Å²) in [5.41, 5.74) is 2.25. The highest BCUT2D eigenvalue weighted by atomic mass is 16.5. The molecule has 132 valence electrons. The highest BCUT2D eigenvalue weighted by Crippen LogP contribution is 2.61. The summed E-state index contributed by atoms with van der Waals surface area (Å²) in [6, 6.07) is 10.3. The third kappa shape index (κ3) is 2.32. The Morgan fingerprint density at radius 2 is 2.08 bits per heavy atom. The molecule has 0 aromatic heterocycles. The molecule has 0 bridgehead atoms. The largest absolute Gasteiger partial charge is 0.427 e. The van der Waals surface area contributed by atoms with Crippen LogP contribution in [0.15, 0.2) is 30.3 Å². The van der Waals surface area contributed by atoms with Crippen molar-refractivity contribution in [2.45, 2.75) is 64.4 Å². The number of carbonyl (C=O) groups is 1. The molecule has 2 aliphatic rings. The lowest BCUT2D eigenvalue weighted by molar-refractivity contribution is -0.131. The smallest absolute Gasteiger partial charge is 0.308 e. The fourth-order valence-corrected chi connectivity index (χ4v) is 5.41. The first kappa shape index (κ1) is 16.6. The fraction of sp³-hybridized carbons (Fsp3) is 0.500. The maximum absolute atomic E-state index is 11.2. The van der Waals surface area contributed by atoms with Crippen LogP contribution in [0.1, 0.15) is 63.5 Å². The van der Waals surface area contributed by atoms with Crippen LogP contribution < -0.4 is 4.74 Å². The van der Waals surface area contributed by atoms with E-state index in [9.17, 15) is 9.90 Å². The monoisotopic (exact) mass is 338 g/mol. The van der Waals surface area contributed by atoms with E-state index in [0.29, 0.717) is 11.7 Å². The summed E-state index contributed by atoms with van der Waals surface area (Å²) >= 11 is 0. The van der Waals surface area contributed by atoms with Gasteiger partial charge in [0.05, 0.1) is 5.60 Å². The van der Waals surface area contributed by atoms with E-state index in [4.69, 9.17) is 4.74 Å². The SMILES string of the molecule is CC[C@]1(O)CC[C@H]2c3ccc4cc(OC(C)=O)ccc4c3CC[C@@]21C. The first-order valence-electron chi connectivity index (χ1n) is 9.34.